The van der Waals surface area contributed by atoms with E-state index in [0.717, 1.165) is 12.1 Å². The molecule has 0 bridgehead atoms. The third-order valence-corrected chi connectivity index (χ3v) is 5.11. The fraction of sp³-hybridized carbons (Fsp3) is 0.214. The standard InChI is InChI=1S/C14H13F2N3O3S/c1-19-7-12-9(4-5-17-23(12,21)22)13(19)14(20)18-8-2-3-10(15)11(16)6-8/h2-3,6-7,17H,4-5H2,1H3,(H,18,20). The number of aromatic nitrogens is 1. The zero-order valence-electron chi connectivity index (χ0n) is 12.1. The van der Waals surface area contributed by atoms with E-state index in [0.29, 0.717) is 12.0 Å². The highest BCUT2D eigenvalue weighted by Gasteiger charge is 2.30. The zero-order valence-corrected chi connectivity index (χ0v) is 12.9. The van der Waals surface area contributed by atoms with E-state index in [4.69, 9.17) is 0 Å². The zero-order chi connectivity index (χ0) is 16.8. The van der Waals surface area contributed by atoms with Gasteiger partial charge in [0.25, 0.3) is 5.91 Å². The van der Waals surface area contributed by atoms with Crippen molar-refractivity contribution in [1.29, 1.82) is 0 Å². The number of carbonyl (C=O) groups excluding carboxylic acids is 1. The molecule has 0 spiro atoms. The molecule has 2 N–H and O–H groups in total. The molecule has 1 aliphatic rings. The lowest BCUT2D eigenvalue weighted by Gasteiger charge is -2.15. The van der Waals surface area contributed by atoms with Gasteiger partial charge in [0.1, 0.15) is 10.6 Å². The van der Waals surface area contributed by atoms with Gasteiger partial charge in [-0.1, -0.05) is 0 Å². The minimum atomic E-state index is -3.62. The lowest BCUT2D eigenvalue weighted by molar-refractivity contribution is 0.101. The van der Waals surface area contributed by atoms with Crippen molar-refractivity contribution in [3.8, 4) is 0 Å². The van der Waals surface area contributed by atoms with Gasteiger partial charge in [0.2, 0.25) is 10.0 Å². The summed E-state index contributed by atoms with van der Waals surface area (Å²) in [6.07, 6.45) is 1.73. The maximum Gasteiger partial charge on any atom is 0.272 e. The quantitative estimate of drug-likeness (QED) is 0.866. The van der Waals surface area contributed by atoms with E-state index in [9.17, 15) is 22.0 Å². The van der Waals surface area contributed by atoms with E-state index in [2.05, 4.69) is 10.0 Å². The molecule has 0 radical (unpaired) electrons. The first-order valence-electron chi connectivity index (χ1n) is 6.74. The summed E-state index contributed by atoms with van der Waals surface area (Å²) in [5.41, 5.74) is 0.668. The second-order valence-electron chi connectivity index (χ2n) is 5.16. The number of nitrogens with one attached hydrogen (secondary N) is 2. The molecule has 1 aliphatic heterocycles. The van der Waals surface area contributed by atoms with E-state index in [-0.39, 0.29) is 22.8 Å². The molecule has 2 heterocycles. The number of sulfonamides is 1. The summed E-state index contributed by atoms with van der Waals surface area (Å²) in [4.78, 5) is 12.5. The van der Waals surface area contributed by atoms with Gasteiger partial charge >= 0.3 is 0 Å². The van der Waals surface area contributed by atoms with Crippen LogP contribution in [0, 0.1) is 11.6 Å². The van der Waals surface area contributed by atoms with Crippen LogP contribution in [0.25, 0.3) is 0 Å². The Morgan fingerprint density at radius 1 is 1.30 bits per heavy atom. The minimum Gasteiger partial charge on any atom is -0.345 e. The Bertz CT molecular complexity index is 906. The Hall–Kier alpha value is -2.26. The first kappa shape index (κ1) is 15.6. The summed E-state index contributed by atoms with van der Waals surface area (Å²) in [5.74, 6) is -2.68. The number of hydrogen-bond acceptors (Lipinski definition) is 3. The molecule has 9 heteroatoms. The van der Waals surface area contributed by atoms with Crippen molar-refractivity contribution >= 4 is 21.6 Å². The summed E-state index contributed by atoms with van der Waals surface area (Å²) in [6, 6.07) is 2.99. The lowest BCUT2D eigenvalue weighted by Crippen LogP contribution is -2.31. The Kier molecular flexibility index (Phi) is 3.69. The third-order valence-electron chi connectivity index (χ3n) is 3.60. The molecule has 2 aromatic rings. The Morgan fingerprint density at radius 3 is 2.74 bits per heavy atom. The fourth-order valence-electron chi connectivity index (χ4n) is 2.57. The molecule has 0 aliphatic carbocycles. The number of aryl methyl sites for hydroxylation is 1. The number of rotatable bonds is 2. The molecule has 1 aromatic carbocycles. The predicted octanol–water partition coefficient (Wildman–Crippen LogP) is 1.39. The molecule has 0 unspecified atom stereocenters. The molecule has 0 saturated heterocycles. The minimum absolute atomic E-state index is 0.0571. The summed E-state index contributed by atoms with van der Waals surface area (Å²) < 4.78 is 53.8. The molecule has 122 valence electrons. The monoisotopic (exact) mass is 341 g/mol. The SMILES string of the molecule is Cn1cc2c(c1C(=O)Nc1ccc(F)c(F)c1)CCNS2(=O)=O. The van der Waals surface area contributed by atoms with Crippen LogP contribution in [0.1, 0.15) is 16.1 Å². The number of carbonyl (C=O) groups is 1. The first-order chi connectivity index (χ1) is 10.8. The van der Waals surface area contributed by atoms with Gasteiger partial charge in [0.15, 0.2) is 11.6 Å². The molecule has 3 rings (SSSR count). The number of anilines is 1. The fourth-order valence-corrected chi connectivity index (χ4v) is 3.92. The van der Waals surface area contributed by atoms with Crippen LogP contribution in [-0.4, -0.2) is 25.4 Å². The van der Waals surface area contributed by atoms with Crippen LogP contribution < -0.4 is 10.0 Å². The van der Waals surface area contributed by atoms with Crippen molar-refractivity contribution in [1.82, 2.24) is 9.29 Å². The molecular formula is C14H13F2N3O3S. The van der Waals surface area contributed by atoms with Crippen LogP contribution in [0.15, 0.2) is 29.3 Å². The van der Waals surface area contributed by atoms with E-state index in [1.807, 2.05) is 0 Å². The molecule has 1 amide bonds. The summed E-state index contributed by atoms with van der Waals surface area (Å²) >= 11 is 0. The largest absolute Gasteiger partial charge is 0.345 e. The van der Waals surface area contributed by atoms with Gasteiger partial charge in [-0.05, 0) is 18.6 Å². The second kappa shape index (κ2) is 5.43. The van der Waals surface area contributed by atoms with Crippen LogP contribution in [0.5, 0.6) is 0 Å². The molecule has 0 fully saturated rings. The van der Waals surface area contributed by atoms with E-state index >= 15 is 0 Å². The van der Waals surface area contributed by atoms with E-state index in [1.54, 1.807) is 7.05 Å². The normalized spacial score (nSPS) is 16.0. The van der Waals surface area contributed by atoms with Gasteiger partial charge in [-0.15, -0.1) is 0 Å². The molecule has 23 heavy (non-hydrogen) atoms. The van der Waals surface area contributed by atoms with Crippen molar-refractivity contribution in [2.45, 2.75) is 11.3 Å². The lowest BCUT2D eigenvalue weighted by atomic mass is 10.1. The maximum absolute atomic E-state index is 13.2. The van der Waals surface area contributed by atoms with Crippen molar-refractivity contribution in [3.05, 3.63) is 47.3 Å². The second-order valence-corrected chi connectivity index (χ2v) is 6.90. The van der Waals surface area contributed by atoms with Crippen LogP contribution in [0.3, 0.4) is 0 Å². The third kappa shape index (κ3) is 2.73. The van der Waals surface area contributed by atoms with Crippen molar-refractivity contribution in [2.24, 2.45) is 7.05 Å². The number of hydrogen-bond donors (Lipinski definition) is 2. The Labute approximate surface area is 131 Å². The highest BCUT2D eigenvalue weighted by molar-refractivity contribution is 7.89. The first-order valence-corrected chi connectivity index (χ1v) is 8.22. The van der Waals surface area contributed by atoms with Gasteiger partial charge < -0.3 is 9.88 Å². The smallest absolute Gasteiger partial charge is 0.272 e. The number of nitrogens with zero attached hydrogens (tertiary/aromatic N) is 1. The Morgan fingerprint density at radius 2 is 2.04 bits per heavy atom. The van der Waals surface area contributed by atoms with Gasteiger partial charge in [0, 0.05) is 37.1 Å². The van der Waals surface area contributed by atoms with Crippen molar-refractivity contribution in [3.63, 3.8) is 0 Å². The maximum atomic E-state index is 13.2. The number of fused-ring (bicyclic) bond motifs is 1. The van der Waals surface area contributed by atoms with Crippen LogP contribution >= 0.6 is 0 Å². The van der Waals surface area contributed by atoms with Crippen LogP contribution in [0.4, 0.5) is 14.5 Å². The van der Waals surface area contributed by atoms with Crippen LogP contribution in [-0.2, 0) is 23.5 Å². The predicted molar refractivity (Wildman–Crippen MR) is 78.6 cm³/mol. The van der Waals surface area contributed by atoms with Gasteiger partial charge in [-0.25, -0.2) is 21.9 Å². The van der Waals surface area contributed by atoms with Crippen molar-refractivity contribution < 1.29 is 22.0 Å². The number of amides is 1. The summed E-state index contributed by atoms with van der Waals surface area (Å²) in [5, 5.41) is 2.45. The van der Waals surface area contributed by atoms with Crippen LogP contribution in [0.2, 0.25) is 0 Å². The molecule has 0 saturated carbocycles. The van der Waals surface area contributed by atoms with Gasteiger partial charge in [-0.2, -0.15) is 0 Å². The average Bonchev–Trinajstić information content (AvgIpc) is 2.81. The molecule has 6 nitrogen and oxygen atoms in total. The summed E-state index contributed by atoms with van der Waals surface area (Å²) in [7, 11) is -2.07. The molecular weight excluding hydrogens is 328 g/mol. The van der Waals surface area contributed by atoms with Gasteiger partial charge in [-0.3, -0.25) is 4.79 Å². The molecule has 0 atom stereocenters. The van der Waals surface area contributed by atoms with E-state index < -0.39 is 27.6 Å². The highest BCUT2D eigenvalue weighted by Crippen LogP contribution is 2.26. The van der Waals surface area contributed by atoms with E-state index in [1.165, 1.54) is 16.8 Å². The summed E-state index contributed by atoms with van der Waals surface area (Å²) in [6.45, 7) is 0.199. The highest BCUT2D eigenvalue weighted by atomic mass is 32.2. The topological polar surface area (TPSA) is 80.2 Å². The van der Waals surface area contributed by atoms with Crippen molar-refractivity contribution in [2.75, 3.05) is 11.9 Å². The average molecular weight is 341 g/mol. The molecule has 1 aromatic heterocycles. The van der Waals surface area contributed by atoms with Gasteiger partial charge in [0.05, 0.1) is 0 Å². The number of halogens is 2. The number of benzene rings is 1. The Balaban J connectivity index is 1.97.